The Balaban J connectivity index is 1.46. The summed E-state index contributed by atoms with van der Waals surface area (Å²) in [6.45, 7) is 0. The minimum absolute atomic E-state index is 0.0937. The predicted molar refractivity (Wildman–Crippen MR) is 103 cm³/mol. The van der Waals surface area contributed by atoms with Gasteiger partial charge in [0.15, 0.2) is 5.82 Å². The summed E-state index contributed by atoms with van der Waals surface area (Å²) in [5.41, 5.74) is 2.11. The highest BCUT2D eigenvalue weighted by Gasteiger charge is 2.35. The van der Waals surface area contributed by atoms with E-state index in [1.54, 1.807) is 18.6 Å². The lowest BCUT2D eigenvalue weighted by atomic mass is 9.76. The second kappa shape index (κ2) is 8.22. The average Bonchev–Trinajstić information content (AvgIpc) is 2.72. The Bertz CT molecular complexity index is 913. The molecule has 142 valence electrons. The molecular formula is C21H21N5O2. The second-order valence-corrected chi connectivity index (χ2v) is 7.03. The van der Waals surface area contributed by atoms with Crippen molar-refractivity contribution >= 4 is 5.91 Å². The number of nitrogens with one attached hydrogen (secondary N) is 1. The van der Waals surface area contributed by atoms with Crippen LogP contribution in [0.4, 0.5) is 0 Å². The molecule has 1 fully saturated rings. The lowest BCUT2D eigenvalue weighted by Gasteiger charge is -2.38. The van der Waals surface area contributed by atoms with E-state index in [0.29, 0.717) is 30.7 Å². The normalized spacial score (nSPS) is 19.5. The van der Waals surface area contributed by atoms with E-state index >= 15 is 0 Å². The second-order valence-electron chi connectivity index (χ2n) is 7.03. The van der Waals surface area contributed by atoms with Crippen LogP contribution in [0, 0.1) is 5.92 Å². The zero-order valence-electron chi connectivity index (χ0n) is 15.3. The van der Waals surface area contributed by atoms with E-state index in [4.69, 9.17) is 0 Å². The standard InChI is InChI=1S/C21H21N5O2/c27-18-8-15(9-18)19(10-17-5-1-2-7-23-17)26-21(28)16-12-24-20(25-13-16)14-4-3-6-22-11-14/h1-7,11-13,15,18-19,27H,8-10H2,(H,26,28)/t15?,18?,19-/m0/s1. The molecule has 3 aromatic heterocycles. The van der Waals surface area contributed by atoms with Crippen molar-refractivity contribution in [1.82, 2.24) is 25.3 Å². The predicted octanol–water partition coefficient (Wildman–Crippen LogP) is 2.05. The Morgan fingerprint density at radius 1 is 1.07 bits per heavy atom. The van der Waals surface area contributed by atoms with Crippen molar-refractivity contribution in [2.75, 3.05) is 0 Å². The zero-order chi connectivity index (χ0) is 19.3. The Morgan fingerprint density at radius 2 is 1.89 bits per heavy atom. The van der Waals surface area contributed by atoms with Gasteiger partial charge in [-0.25, -0.2) is 9.97 Å². The Morgan fingerprint density at radius 3 is 2.54 bits per heavy atom. The van der Waals surface area contributed by atoms with Crippen LogP contribution in [-0.4, -0.2) is 43.1 Å². The van der Waals surface area contributed by atoms with Crippen molar-refractivity contribution in [3.8, 4) is 11.4 Å². The molecule has 0 aromatic carbocycles. The third kappa shape index (κ3) is 4.20. The number of nitrogens with zero attached hydrogens (tertiary/aromatic N) is 4. The van der Waals surface area contributed by atoms with Gasteiger partial charge in [0.2, 0.25) is 0 Å². The molecule has 1 amide bonds. The lowest BCUT2D eigenvalue weighted by molar-refractivity contribution is 0.0237. The van der Waals surface area contributed by atoms with E-state index in [9.17, 15) is 9.90 Å². The zero-order valence-corrected chi connectivity index (χ0v) is 15.3. The molecule has 2 N–H and O–H groups in total. The van der Waals surface area contributed by atoms with Crippen molar-refractivity contribution in [1.29, 1.82) is 0 Å². The summed E-state index contributed by atoms with van der Waals surface area (Å²) in [6, 6.07) is 9.33. The molecule has 3 aromatic rings. The molecule has 1 aliphatic carbocycles. The van der Waals surface area contributed by atoms with Crippen LogP contribution in [0.1, 0.15) is 28.9 Å². The fourth-order valence-electron chi connectivity index (χ4n) is 3.38. The molecule has 7 nitrogen and oxygen atoms in total. The number of aliphatic hydroxyl groups is 1. The molecule has 0 aliphatic heterocycles. The Labute approximate surface area is 162 Å². The van der Waals surface area contributed by atoms with Gasteiger partial charge in [-0.2, -0.15) is 0 Å². The highest BCUT2D eigenvalue weighted by atomic mass is 16.3. The summed E-state index contributed by atoms with van der Waals surface area (Å²) in [5.74, 6) is 0.536. The average molecular weight is 375 g/mol. The molecule has 0 unspecified atom stereocenters. The van der Waals surface area contributed by atoms with Crippen molar-refractivity contribution < 1.29 is 9.90 Å². The van der Waals surface area contributed by atoms with E-state index in [1.807, 2.05) is 30.3 Å². The van der Waals surface area contributed by atoms with Gasteiger partial charge in [0.25, 0.3) is 5.91 Å². The number of carbonyl (C=O) groups is 1. The molecule has 1 atom stereocenters. The number of pyridine rings is 2. The van der Waals surface area contributed by atoms with Crippen molar-refractivity contribution in [3.63, 3.8) is 0 Å². The quantitative estimate of drug-likeness (QED) is 0.684. The van der Waals surface area contributed by atoms with E-state index in [-0.39, 0.29) is 24.0 Å². The molecule has 7 heteroatoms. The number of aliphatic hydroxyl groups excluding tert-OH is 1. The Hall–Kier alpha value is -3.19. The number of aromatic nitrogens is 4. The van der Waals surface area contributed by atoms with E-state index in [0.717, 1.165) is 11.3 Å². The first-order valence-corrected chi connectivity index (χ1v) is 9.30. The largest absolute Gasteiger partial charge is 0.393 e. The highest BCUT2D eigenvalue weighted by Crippen LogP contribution is 2.31. The van der Waals surface area contributed by atoms with Crippen LogP contribution in [0.15, 0.2) is 61.3 Å². The fraction of sp³-hybridized carbons (Fsp3) is 0.286. The Kier molecular flexibility index (Phi) is 5.34. The smallest absolute Gasteiger partial charge is 0.254 e. The minimum Gasteiger partial charge on any atom is -0.393 e. The summed E-state index contributed by atoms with van der Waals surface area (Å²) >= 11 is 0. The van der Waals surface area contributed by atoms with Crippen LogP contribution >= 0.6 is 0 Å². The fourth-order valence-corrected chi connectivity index (χ4v) is 3.38. The molecule has 3 heterocycles. The summed E-state index contributed by atoms with van der Waals surface area (Å²) in [6.07, 6.45) is 9.88. The molecule has 4 rings (SSSR count). The first-order valence-electron chi connectivity index (χ1n) is 9.30. The molecule has 0 bridgehead atoms. The van der Waals surface area contributed by atoms with Gasteiger partial charge in [-0.15, -0.1) is 0 Å². The molecule has 1 saturated carbocycles. The SMILES string of the molecule is O=C(N[C@@H](Cc1ccccn1)C1CC(O)C1)c1cnc(-c2cccnc2)nc1. The van der Waals surface area contributed by atoms with Gasteiger partial charge >= 0.3 is 0 Å². The number of rotatable bonds is 6. The van der Waals surface area contributed by atoms with Crippen LogP contribution < -0.4 is 5.32 Å². The van der Waals surface area contributed by atoms with Gasteiger partial charge in [0, 0.05) is 54.7 Å². The lowest BCUT2D eigenvalue weighted by Crippen LogP contribution is -2.48. The summed E-state index contributed by atoms with van der Waals surface area (Å²) in [7, 11) is 0. The van der Waals surface area contributed by atoms with Crippen LogP contribution in [-0.2, 0) is 6.42 Å². The van der Waals surface area contributed by atoms with Crippen molar-refractivity contribution in [3.05, 3.63) is 72.6 Å². The first-order chi connectivity index (χ1) is 13.7. The van der Waals surface area contributed by atoms with E-state index in [2.05, 4.69) is 25.3 Å². The van der Waals surface area contributed by atoms with Crippen LogP contribution in [0.3, 0.4) is 0 Å². The maximum atomic E-state index is 12.7. The molecule has 0 radical (unpaired) electrons. The van der Waals surface area contributed by atoms with E-state index < -0.39 is 0 Å². The van der Waals surface area contributed by atoms with Gasteiger partial charge in [0.05, 0.1) is 11.7 Å². The summed E-state index contributed by atoms with van der Waals surface area (Å²) < 4.78 is 0. The van der Waals surface area contributed by atoms with Gasteiger partial charge in [0.1, 0.15) is 0 Å². The monoisotopic (exact) mass is 375 g/mol. The van der Waals surface area contributed by atoms with Gasteiger partial charge in [-0.05, 0) is 43.0 Å². The molecule has 0 saturated heterocycles. The van der Waals surface area contributed by atoms with Gasteiger partial charge < -0.3 is 10.4 Å². The number of carbonyl (C=O) groups excluding carboxylic acids is 1. The maximum absolute atomic E-state index is 12.7. The van der Waals surface area contributed by atoms with Crippen LogP contribution in [0.5, 0.6) is 0 Å². The molecule has 1 aliphatic rings. The van der Waals surface area contributed by atoms with Crippen LogP contribution in [0.2, 0.25) is 0 Å². The van der Waals surface area contributed by atoms with E-state index in [1.165, 1.54) is 12.4 Å². The van der Waals surface area contributed by atoms with Crippen molar-refractivity contribution in [2.45, 2.75) is 31.4 Å². The molecule has 0 spiro atoms. The number of hydrogen-bond donors (Lipinski definition) is 2. The minimum atomic E-state index is -0.282. The topological polar surface area (TPSA) is 101 Å². The van der Waals surface area contributed by atoms with Gasteiger partial charge in [-0.3, -0.25) is 14.8 Å². The van der Waals surface area contributed by atoms with Crippen LogP contribution in [0.25, 0.3) is 11.4 Å². The molecular weight excluding hydrogens is 354 g/mol. The number of amides is 1. The first kappa shape index (κ1) is 18.2. The third-order valence-electron chi connectivity index (χ3n) is 5.02. The van der Waals surface area contributed by atoms with Gasteiger partial charge in [-0.1, -0.05) is 6.07 Å². The summed E-state index contributed by atoms with van der Waals surface area (Å²) in [4.78, 5) is 29.7. The summed E-state index contributed by atoms with van der Waals surface area (Å²) in [5, 5.41) is 12.8. The maximum Gasteiger partial charge on any atom is 0.254 e. The number of hydrogen-bond acceptors (Lipinski definition) is 6. The molecule has 28 heavy (non-hydrogen) atoms. The van der Waals surface area contributed by atoms with Crippen molar-refractivity contribution in [2.24, 2.45) is 5.92 Å². The highest BCUT2D eigenvalue weighted by molar-refractivity contribution is 5.94. The third-order valence-corrected chi connectivity index (χ3v) is 5.02.